The number of hydrogen-bond acceptors (Lipinski definition) is 3. The Labute approximate surface area is 147 Å². The number of halogens is 1. The fourth-order valence-corrected chi connectivity index (χ4v) is 2.77. The average molecular weight is 342 g/mol. The fourth-order valence-electron chi connectivity index (χ4n) is 2.64. The highest BCUT2D eigenvalue weighted by Gasteiger charge is 2.07. The van der Waals surface area contributed by atoms with E-state index in [1.807, 2.05) is 30.5 Å². The first kappa shape index (κ1) is 16.5. The minimum atomic E-state index is -0.156. The summed E-state index contributed by atoms with van der Waals surface area (Å²) in [7, 11) is 0. The summed E-state index contributed by atoms with van der Waals surface area (Å²) in [4.78, 5) is 12.2. The lowest BCUT2D eigenvalue weighted by Crippen LogP contribution is -2.24. The third kappa shape index (κ3) is 4.59. The maximum atomic E-state index is 12.2. The number of nitrogens with one attached hydrogen (secondary N) is 1. The molecule has 1 amide bonds. The number of piperidine rings is 1. The molecule has 0 bridgehead atoms. The van der Waals surface area contributed by atoms with Gasteiger partial charge in [0.2, 0.25) is 0 Å². The summed E-state index contributed by atoms with van der Waals surface area (Å²) >= 11 is 5.85. The Hall–Kier alpha value is -2.33. The Balaban J connectivity index is 1.65. The van der Waals surface area contributed by atoms with Crippen LogP contribution >= 0.6 is 11.6 Å². The first-order valence-electron chi connectivity index (χ1n) is 8.17. The number of carbonyl (C=O) groups excluding carboxylic acids is 1. The van der Waals surface area contributed by atoms with Crippen LogP contribution in [0, 0.1) is 0 Å². The zero-order valence-electron chi connectivity index (χ0n) is 13.4. The van der Waals surface area contributed by atoms with Crippen LogP contribution in [-0.2, 0) is 0 Å². The second-order valence-electron chi connectivity index (χ2n) is 5.85. The number of hydrazone groups is 1. The Bertz CT molecular complexity index is 722. The normalized spacial score (nSPS) is 14.8. The molecule has 2 aromatic rings. The molecule has 1 saturated heterocycles. The molecule has 0 saturated carbocycles. The summed E-state index contributed by atoms with van der Waals surface area (Å²) in [5.74, 6) is -0.156. The molecule has 5 heteroatoms. The number of amides is 1. The van der Waals surface area contributed by atoms with Crippen molar-refractivity contribution in [3.63, 3.8) is 0 Å². The van der Waals surface area contributed by atoms with E-state index < -0.39 is 0 Å². The molecular weight excluding hydrogens is 322 g/mol. The number of benzene rings is 2. The standard InChI is InChI=1S/C19H20ClN3O/c20-17-9-7-16(8-10-17)19(24)22-18-6-4-5-15(13-18)14-21-23-11-2-1-3-12-23/h4-10,13-14H,1-3,11-12H2,(H,22,24)/b21-14+. The second-order valence-corrected chi connectivity index (χ2v) is 6.28. The van der Waals surface area contributed by atoms with Gasteiger partial charge < -0.3 is 5.32 Å². The topological polar surface area (TPSA) is 44.7 Å². The zero-order valence-corrected chi connectivity index (χ0v) is 14.2. The van der Waals surface area contributed by atoms with Gasteiger partial charge in [0.15, 0.2) is 0 Å². The number of carbonyl (C=O) groups is 1. The highest BCUT2D eigenvalue weighted by Crippen LogP contribution is 2.14. The molecule has 0 unspecified atom stereocenters. The molecule has 1 aliphatic heterocycles. The van der Waals surface area contributed by atoms with Crippen molar-refractivity contribution in [2.75, 3.05) is 18.4 Å². The summed E-state index contributed by atoms with van der Waals surface area (Å²) in [5, 5.41) is 10.1. The first-order valence-corrected chi connectivity index (χ1v) is 8.54. The molecule has 0 spiro atoms. The van der Waals surface area contributed by atoms with Crippen molar-refractivity contribution in [2.24, 2.45) is 5.10 Å². The molecule has 2 aromatic carbocycles. The summed E-state index contributed by atoms with van der Waals surface area (Å²) < 4.78 is 0. The summed E-state index contributed by atoms with van der Waals surface area (Å²) in [6.07, 6.45) is 5.55. The van der Waals surface area contributed by atoms with E-state index in [2.05, 4.69) is 15.4 Å². The van der Waals surface area contributed by atoms with Gasteiger partial charge in [0.05, 0.1) is 6.21 Å². The summed E-state index contributed by atoms with van der Waals surface area (Å²) in [5.41, 5.74) is 2.29. The number of rotatable bonds is 4. The molecule has 0 aromatic heterocycles. The Morgan fingerprint density at radius 1 is 1.08 bits per heavy atom. The number of anilines is 1. The van der Waals surface area contributed by atoms with Crippen LogP contribution < -0.4 is 5.32 Å². The van der Waals surface area contributed by atoms with E-state index in [9.17, 15) is 4.79 Å². The smallest absolute Gasteiger partial charge is 0.255 e. The van der Waals surface area contributed by atoms with Gasteiger partial charge in [0.1, 0.15) is 0 Å². The minimum absolute atomic E-state index is 0.156. The van der Waals surface area contributed by atoms with Gasteiger partial charge in [0.25, 0.3) is 5.91 Å². The van der Waals surface area contributed by atoms with Gasteiger partial charge in [0, 0.05) is 29.4 Å². The monoisotopic (exact) mass is 341 g/mol. The van der Waals surface area contributed by atoms with Crippen molar-refractivity contribution in [3.05, 3.63) is 64.7 Å². The van der Waals surface area contributed by atoms with Crippen LogP contribution in [0.3, 0.4) is 0 Å². The van der Waals surface area contributed by atoms with Gasteiger partial charge in [-0.25, -0.2) is 0 Å². The lowest BCUT2D eigenvalue weighted by Gasteiger charge is -2.23. The van der Waals surface area contributed by atoms with E-state index in [1.54, 1.807) is 24.3 Å². The van der Waals surface area contributed by atoms with Crippen molar-refractivity contribution in [2.45, 2.75) is 19.3 Å². The third-order valence-electron chi connectivity index (χ3n) is 3.95. The highest BCUT2D eigenvalue weighted by atomic mass is 35.5. The first-order chi connectivity index (χ1) is 11.7. The van der Waals surface area contributed by atoms with Crippen LogP contribution in [0.1, 0.15) is 35.2 Å². The maximum Gasteiger partial charge on any atom is 0.255 e. The van der Waals surface area contributed by atoms with Gasteiger partial charge in [-0.3, -0.25) is 9.80 Å². The molecular formula is C19H20ClN3O. The molecule has 3 rings (SSSR count). The molecule has 1 aliphatic rings. The lowest BCUT2D eigenvalue weighted by atomic mass is 10.1. The zero-order chi connectivity index (χ0) is 16.8. The van der Waals surface area contributed by atoms with Crippen molar-refractivity contribution in [1.82, 2.24) is 5.01 Å². The average Bonchev–Trinajstić information content (AvgIpc) is 2.62. The quantitative estimate of drug-likeness (QED) is 0.837. The van der Waals surface area contributed by atoms with Gasteiger partial charge in [-0.05, 0) is 61.2 Å². The van der Waals surface area contributed by atoms with Crippen molar-refractivity contribution >= 4 is 29.4 Å². The van der Waals surface area contributed by atoms with Crippen LogP contribution in [0.5, 0.6) is 0 Å². The van der Waals surface area contributed by atoms with Gasteiger partial charge in [-0.2, -0.15) is 5.10 Å². The molecule has 1 N–H and O–H groups in total. The van der Waals surface area contributed by atoms with E-state index in [0.717, 1.165) is 24.3 Å². The molecule has 0 radical (unpaired) electrons. The van der Waals surface area contributed by atoms with Crippen LogP contribution in [0.15, 0.2) is 53.6 Å². The van der Waals surface area contributed by atoms with Crippen molar-refractivity contribution in [3.8, 4) is 0 Å². The van der Waals surface area contributed by atoms with Crippen molar-refractivity contribution in [1.29, 1.82) is 0 Å². The van der Waals surface area contributed by atoms with Gasteiger partial charge in [-0.15, -0.1) is 0 Å². The largest absolute Gasteiger partial charge is 0.322 e. The molecule has 1 heterocycles. The highest BCUT2D eigenvalue weighted by molar-refractivity contribution is 6.30. The van der Waals surface area contributed by atoms with Crippen molar-refractivity contribution < 1.29 is 4.79 Å². The summed E-state index contributed by atoms with van der Waals surface area (Å²) in [6.45, 7) is 2.03. The van der Waals surface area contributed by atoms with E-state index in [-0.39, 0.29) is 5.91 Å². The van der Waals surface area contributed by atoms with E-state index in [4.69, 9.17) is 11.6 Å². The van der Waals surface area contributed by atoms with Gasteiger partial charge in [-0.1, -0.05) is 23.7 Å². The van der Waals surface area contributed by atoms with Crippen LogP contribution in [-0.4, -0.2) is 30.2 Å². The van der Waals surface area contributed by atoms with E-state index >= 15 is 0 Å². The molecule has 124 valence electrons. The lowest BCUT2D eigenvalue weighted by molar-refractivity contribution is 0.102. The number of hydrogen-bond donors (Lipinski definition) is 1. The van der Waals surface area contributed by atoms with E-state index in [1.165, 1.54) is 19.3 Å². The Morgan fingerprint density at radius 2 is 1.83 bits per heavy atom. The molecule has 0 aliphatic carbocycles. The van der Waals surface area contributed by atoms with Crippen LogP contribution in [0.4, 0.5) is 5.69 Å². The predicted molar refractivity (Wildman–Crippen MR) is 98.9 cm³/mol. The second kappa shape index (κ2) is 7.97. The van der Waals surface area contributed by atoms with Crippen LogP contribution in [0.2, 0.25) is 5.02 Å². The fraction of sp³-hybridized carbons (Fsp3) is 0.263. The molecule has 0 atom stereocenters. The minimum Gasteiger partial charge on any atom is -0.322 e. The Morgan fingerprint density at radius 3 is 2.58 bits per heavy atom. The predicted octanol–water partition coefficient (Wildman–Crippen LogP) is 4.41. The molecule has 1 fully saturated rings. The van der Waals surface area contributed by atoms with Crippen LogP contribution in [0.25, 0.3) is 0 Å². The van der Waals surface area contributed by atoms with E-state index in [0.29, 0.717) is 10.6 Å². The summed E-state index contributed by atoms with van der Waals surface area (Å²) in [6, 6.07) is 14.5. The van der Waals surface area contributed by atoms with Gasteiger partial charge >= 0.3 is 0 Å². The number of nitrogens with zero attached hydrogens (tertiary/aromatic N) is 2. The third-order valence-corrected chi connectivity index (χ3v) is 4.21. The molecule has 24 heavy (non-hydrogen) atoms. The Kier molecular flexibility index (Phi) is 5.49. The maximum absolute atomic E-state index is 12.2. The SMILES string of the molecule is O=C(Nc1cccc(/C=N/N2CCCCC2)c1)c1ccc(Cl)cc1. The molecule has 4 nitrogen and oxygen atoms in total.